The van der Waals surface area contributed by atoms with Crippen LogP contribution in [0.1, 0.15) is 24.6 Å². The molecule has 5 nitrogen and oxygen atoms in total. The molecule has 1 saturated heterocycles. The molecule has 0 spiro atoms. The lowest BCUT2D eigenvalue weighted by atomic mass is 10.3. The third-order valence-corrected chi connectivity index (χ3v) is 6.01. The molecule has 108 valence electrons. The fourth-order valence-corrected chi connectivity index (χ4v) is 4.72. The number of thiophene rings is 1. The van der Waals surface area contributed by atoms with Gasteiger partial charge >= 0.3 is 0 Å². The molecule has 1 atom stereocenters. The minimum atomic E-state index is -3.51. The second-order valence-corrected chi connectivity index (χ2v) is 7.55. The first kappa shape index (κ1) is 14.9. The van der Waals surface area contributed by atoms with Crippen molar-refractivity contribution in [3.8, 4) is 0 Å². The van der Waals surface area contributed by atoms with Crippen LogP contribution in [0.25, 0.3) is 0 Å². The molecule has 0 aliphatic carbocycles. The number of aliphatic hydroxyl groups is 1. The van der Waals surface area contributed by atoms with Crippen LogP contribution in [0.4, 0.5) is 0 Å². The van der Waals surface area contributed by atoms with E-state index < -0.39 is 10.0 Å². The second-order valence-electron chi connectivity index (χ2n) is 4.81. The van der Waals surface area contributed by atoms with Crippen molar-refractivity contribution in [2.45, 2.75) is 37.3 Å². The third-order valence-electron chi connectivity index (χ3n) is 3.47. The zero-order valence-electron chi connectivity index (χ0n) is 11.0. The zero-order valence-corrected chi connectivity index (χ0v) is 12.6. The normalized spacial score (nSPS) is 18.8. The maximum Gasteiger partial charge on any atom is 0.241 e. The minimum absolute atomic E-state index is 0.202. The van der Waals surface area contributed by atoms with Gasteiger partial charge in [0, 0.05) is 17.5 Å². The number of sulfonamides is 1. The van der Waals surface area contributed by atoms with Crippen LogP contribution in [0.15, 0.2) is 16.3 Å². The molecule has 0 aromatic carbocycles. The molecule has 0 radical (unpaired) electrons. The number of rotatable bonds is 6. The van der Waals surface area contributed by atoms with Gasteiger partial charge in [-0.1, -0.05) is 0 Å². The summed E-state index contributed by atoms with van der Waals surface area (Å²) >= 11 is 1.26. The number of hydrogen-bond donors (Lipinski definition) is 2. The van der Waals surface area contributed by atoms with E-state index in [1.54, 1.807) is 11.4 Å². The van der Waals surface area contributed by atoms with Gasteiger partial charge in [-0.05, 0) is 44.3 Å². The van der Waals surface area contributed by atoms with Gasteiger partial charge in [-0.15, -0.1) is 11.3 Å². The maximum atomic E-state index is 12.2. The summed E-state index contributed by atoms with van der Waals surface area (Å²) in [5.74, 6) is 0. The molecular weight excluding hydrogens is 284 g/mol. The van der Waals surface area contributed by atoms with Crippen molar-refractivity contribution in [2.75, 3.05) is 19.6 Å². The van der Waals surface area contributed by atoms with E-state index in [0.717, 1.165) is 13.1 Å². The maximum absolute atomic E-state index is 12.2. The number of hydrogen-bond acceptors (Lipinski definition) is 5. The van der Waals surface area contributed by atoms with Gasteiger partial charge in [0.05, 0.1) is 11.5 Å². The lowest BCUT2D eigenvalue weighted by molar-refractivity contribution is 0.259. The Morgan fingerprint density at radius 2 is 2.16 bits per heavy atom. The number of nitrogens with zero attached hydrogens (tertiary/aromatic N) is 1. The Bertz CT molecular complexity index is 507. The number of nitrogens with one attached hydrogen (secondary N) is 1. The van der Waals surface area contributed by atoms with Crippen LogP contribution in [0.2, 0.25) is 0 Å². The Labute approximate surface area is 118 Å². The van der Waals surface area contributed by atoms with Crippen molar-refractivity contribution in [1.82, 2.24) is 9.62 Å². The Hall–Kier alpha value is -0.470. The highest BCUT2D eigenvalue weighted by atomic mass is 32.2. The van der Waals surface area contributed by atoms with Gasteiger partial charge in [0.25, 0.3) is 0 Å². The fourth-order valence-electron chi connectivity index (χ4n) is 2.30. The first-order valence-electron chi connectivity index (χ1n) is 6.45. The van der Waals surface area contributed by atoms with Gasteiger partial charge in [0.2, 0.25) is 10.0 Å². The van der Waals surface area contributed by atoms with E-state index in [-0.39, 0.29) is 17.5 Å². The molecule has 0 saturated carbocycles. The molecule has 1 fully saturated rings. The van der Waals surface area contributed by atoms with E-state index in [1.165, 1.54) is 24.2 Å². The molecule has 1 unspecified atom stereocenters. The molecule has 2 heterocycles. The molecule has 1 aliphatic rings. The van der Waals surface area contributed by atoms with E-state index in [4.69, 9.17) is 5.11 Å². The largest absolute Gasteiger partial charge is 0.391 e. The van der Waals surface area contributed by atoms with Crippen LogP contribution < -0.4 is 4.72 Å². The van der Waals surface area contributed by atoms with Crippen molar-refractivity contribution in [1.29, 1.82) is 0 Å². The first-order chi connectivity index (χ1) is 9.04. The van der Waals surface area contributed by atoms with Crippen LogP contribution >= 0.6 is 11.3 Å². The molecule has 0 bridgehead atoms. The molecule has 1 aliphatic heterocycles. The monoisotopic (exact) mass is 304 g/mol. The Kier molecular flexibility index (Phi) is 4.97. The van der Waals surface area contributed by atoms with E-state index in [2.05, 4.69) is 9.62 Å². The standard InChI is InChI=1S/C12H20N2O3S2/c1-10(14-5-2-3-6-14)8-13-19(16,17)12-4-7-18-11(12)9-15/h4,7,10,13,15H,2-3,5-6,8-9H2,1H3. The average Bonchev–Trinajstić information content (AvgIpc) is 3.06. The van der Waals surface area contributed by atoms with E-state index in [0.29, 0.717) is 11.4 Å². The van der Waals surface area contributed by atoms with Crippen LogP contribution in [-0.4, -0.2) is 44.1 Å². The third kappa shape index (κ3) is 3.55. The summed E-state index contributed by atoms with van der Waals surface area (Å²) < 4.78 is 27.0. The summed E-state index contributed by atoms with van der Waals surface area (Å²) in [7, 11) is -3.51. The van der Waals surface area contributed by atoms with Crippen LogP contribution in [-0.2, 0) is 16.6 Å². The molecule has 2 rings (SSSR count). The summed E-state index contributed by atoms with van der Waals surface area (Å²) in [5, 5.41) is 10.8. The van der Waals surface area contributed by atoms with Gasteiger partial charge < -0.3 is 5.11 Å². The van der Waals surface area contributed by atoms with Gasteiger partial charge in [-0.3, -0.25) is 4.90 Å². The van der Waals surface area contributed by atoms with Crippen molar-refractivity contribution in [3.63, 3.8) is 0 Å². The first-order valence-corrected chi connectivity index (χ1v) is 8.82. The molecule has 1 aromatic heterocycles. The van der Waals surface area contributed by atoms with Gasteiger partial charge in [-0.25, -0.2) is 13.1 Å². The lowest BCUT2D eigenvalue weighted by Gasteiger charge is -2.23. The predicted octanol–water partition coefficient (Wildman–Crippen LogP) is 1.00. The summed E-state index contributed by atoms with van der Waals surface area (Å²) in [6.45, 7) is 4.29. The van der Waals surface area contributed by atoms with Crippen molar-refractivity contribution in [3.05, 3.63) is 16.3 Å². The summed E-state index contributed by atoms with van der Waals surface area (Å²) in [6, 6.07) is 1.74. The van der Waals surface area contributed by atoms with Gasteiger partial charge in [-0.2, -0.15) is 0 Å². The number of likely N-dealkylation sites (tertiary alicyclic amines) is 1. The Morgan fingerprint density at radius 1 is 1.47 bits per heavy atom. The highest BCUT2D eigenvalue weighted by molar-refractivity contribution is 7.89. The van der Waals surface area contributed by atoms with Gasteiger partial charge in [0.15, 0.2) is 0 Å². The zero-order chi connectivity index (χ0) is 13.9. The highest BCUT2D eigenvalue weighted by Crippen LogP contribution is 2.21. The molecular formula is C12H20N2O3S2. The molecule has 2 N–H and O–H groups in total. The Balaban J connectivity index is 1.97. The molecule has 19 heavy (non-hydrogen) atoms. The summed E-state index contributed by atoms with van der Waals surface area (Å²) in [6.07, 6.45) is 2.38. The minimum Gasteiger partial charge on any atom is -0.391 e. The quantitative estimate of drug-likeness (QED) is 0.823. The molecule has 0 amide bonds. The van der Waals surface area contributed by atoms with Crippen LogP contribution in [0.3, 0.4) is 0 Å². The number of aliphatic hydroxyl groups excluding tert-OH is 1. The average molecular weight is 304 g/mol. The highest BCUT2D eigenvalue weighted by Gasteiger charge is 2.23. The van der Waals surface area contributed by atoms with E-state index >= 15 is 0 Å². The Morgan fingerprint density at radius 3 is 2.79 bits per heavy atom. The molecule has 1 aromatic rings. The predicted molar refractivity (Wildman–Crippen MR) is 75.7 cm³/mol. The van der Waals surface area contributed by atoms with E-state index in [9.17, 15) is 8.42 Å². The fraction of sp³-hybridized carbons (Fsp3) is 0.667. The van der Waals surface area contributed by atoms with Crippen molar-refractivity contribution in [2.24, 2.45) is 0 Å². The SMILES string of the molecule is CC(CNS(=O)(=O)c1ccsc1CO)N1CCCC1. The lowest BCUT2D eigenvalue weighted by Crippen LogP contribution is -2.40. The summed E-state index contributed by atoms with van der Waals surface area (Å²) in [5.41, 5.74) is 0. The topological polar surface area (TPSA) is 69.6 Å². The van der Waals surface area contributed by atoms with E-state index in [1.807, 2.05) is 6.92 Å². The van der Waals surface area contributed by atoms with Gasteiger partial charge in [0.1, 0.15) is 0 Å². The molecule has 7 heteroatoms. The van der Waals surface area contributed by atoms with Crippen LogP contribution in [0, 0.1) is 0 Å². The van der Waals surface area contributed by atoms with Crippen LogP contribution in [0.5, 0.6) is 0 Å². The second kappa shape index (κ2) is 6.32. The smallest absolute Gasteiger partial charge is 0.241 e. The summed E-state index contributed by atoms with van der Waals surface area (Å²) in [4.78, 5) is 2.98. The van der Waals surface area contributed by atoms with Crippen molar-refractivity contribution >= 4 is 21.4 Å². The van der Waals surface area contributed by atoms with Crippen molar-refractivity contribution < 1.29 is 13.5 Å².